The molecule has 4 nitrogen and oxygen atoms in total. The van der Waals surface area contributed by atoms with Gasteiger partial charge in [-0.2, -0.15) is 0 Å². The van der Waals surface area contributed by atoms with E-state index >= 15 is 0 Å². The molecule has 4 heteroatoms. The van der Waals surface area contributed by atoms with Crippen LogP contribution in [-0.4, -0.2) is 31.2 Å². The lowest BCUT2D eigenvalue weighted by Crippen LogP contribution is -2.56. The Morgan fingerprint density at radius 3 is 2.13 bits per heavy atom. The first kappa shape index (κ1) is 14.4. The minimum absolute atomic E-state index is 0.135. The zero-order valence-corrected chi connectivity index (χ0v) is 10.7. The molecule has 0 aliphatic heterocycles. The Balaban J connectivity index is 4.37. The van der Waals surface area contributed by atoms with Crippen molar-refractivity contribution in [1.29, 1.82) is 0 Å². The molecule has 3 N–H and O–H groups in total. The number of amides is 1. The lowest BCUT2D eigenvalue weighted by molar-refractivity contribution is -0.126. The number of carbonyl (C=O) groups is 1. The minimum Gasteiger partial charge on any atom is -0.382 e. The first-order valence-electron chi connectivity index (χ1n) is 5.17. The quantitative estimate of drug-likeness (QED) is 0.734. The molecule has 1 amide bonds. The predicted molar refractivity (Wildman–Crippen MR) is 61.5 cm³/mol. The SMILES string of the molecule is COCC(C)(C)NC(=O)[C@@H](N)C(C)(C)C. The van der Waals surface area contributed by atoms with Gasteiger partial charge in [-0.1, -0.05) is 20.8 Å². The fourth-order valence-corrected chi connectivity index (χ4v) is 1.20. The Kier molecular flexibility index (Phi) is 4.74. The Morgan fingerprint density at radius 2 is 1.80 bits per heavy atom. The van der Waals surface area contributed by atoms with E-state index in [0.717, 1.165) is 0 Å². The minimum atomic E-state index is -0.506. The molecule has 0 saturated heterocycles. The summed E-state index contributed by atoms with van der Waals surface area (Å²) in [5, 5.41) is 2.87. The highest BCUT2D eigenvalue weighted by molar-refractivity contribution is 5.82. The van der Waals surface area contributed by atoms with Crippen molar-refractivity contribution in [3.63, 3.8) is 0 Å². The molecule has 0 bridgehead atoms. The first-order chi connectivity index (χ1) is 6.60. The molecule has 0 aromatic heterocycles. The van der Waals surface area contributed by atoms with E-state index in [1.54, 1.807) is 7.11 Å². The van der Waals surface area contributed by atoms with Gasteiger partial charge < -0.3 is 15.8 Å². The van der Waals surface area contributed by atoms with Gasteiger partial charge in [-0.3, -0.25) is 4.79 Å². The van der Waals surface area contributed by atoms with Gasteiger partial charge in [0.05, 0.1) is 18.2 Å². The number of nitrogens with two attached hydrogens (primary N) is 1. The largest absolute Gasteiger partial charge is 0.382 e. The van der Waals surface area contributed by atoms with Gasteiger partial charge >= 0.3 is 0 Å². The second-order valence-corrected chi connectivity index (χ2v) is 5.65. The van der Waals surface area contributed by atoms with E-state index in [-0.39, 0.29) is 16.9 Å². The fourth-order valence-electron chi connectivity index (χ4n) is 1.20. The van der Waals surface area contributed by atoms with Gasteiger partial charge in [0, 0.05) is 7.11 Å². The van der Waals surface area contributed by atoms with Crippen LogP contribution in [0.5, 0.6) is 0 Å². The molecule has 1 atom stereocenters. The van der Waals surface area contributed by atoms with E-state index in [9.17, 15) is 4.79 Å². The molecule has 0 aliphatic rings. The maximum atomic E-state index is 11.8. The molecule has 15 heavy (non-hydrogen) atoms. The summed E-state index contributed by atoms with van der Waals surface area (Å²) in [5.41, 5.74) is 5.24. The summed E-state index contributed by atoms with van der Waals surface area (Å²) in [6.07, 6.45) is 0. The van der Waals surface area contributed by atoms with Gasteiger partial charge in [-0.15, -0.1) is 0 Å². The van der Waals surface area contributed by atoms with Crippen LogP contribution in [0, 0.1) is 5.41 Å². The third-order valence-electron chi connectivity index (χ3n) is 2.18. The summed E-state index contributed by atoms with van der Waals surface area (Å²) >= 11 is 0. The van der Waals surface area contributed by atoms with Crippen molar-refractivity contribution < 1.29 is 9.53 Å². The van der Waals surface area contributed by atoms with Gasteiger partial charge in [-0.25, -0.2) is 0 Å². The van der Waals surface area contributed by atoms with E-state index in [0.29, 0.717) is 6.61 Å². The van der Waals surface area contributed by atoms with Crippen LogP contribution in [0.3, 0.4) is 0 Å². The standard InChI is InChI=1S/C11H24N2O2/c1-10(2,3)8(12)9(14)13-11(4,5)7-15-6/h8H,7,12H2,1-6H3,(H,13,14)/t8-/m1/s1. The number of nitrogens with one attached hydrogen (secondary N) is 1. The monoisotopic (exact) mass is 216 g/mol. The summed E-state index contributed by atoms with van der Waals surface area (Å²) in [7, 11) is 1.61. The highest BCUT2D eigenvalue weighted by Crippen LogP contribution is 2.18. The van der Waals surface area contributed by atoms with Crippen LogP contribution in [0.4, 0.5) is 0 Å². The molecule has 0 aliphatic carbocycles. The molecule has 0 aromatic carbocycles. The van der Waals surface area contributed by atoms with Gasteiger partial charge in [0.25, 0.3) is 0 Å². The average molecular weight is 216 g/mol. The van der Waals surface area contributed by atoms with Crippen LogP contribution in [-0.2, 0) is 9.53 Å². The molecule has 0 heterocycles. The zero-order chi connectivity index (χ0) is 12.3. The Morgan fingerprint density at radius 1 is 1.33 bits per heavy atom. The van der Waals surface area contributed by atoms with Gasteiger partial charge in [0.1, 0.15) is 0 Å². The van der Waals surface area contributed by atoms with E-state index in [1.165, 1.54) is 0 Å². The third kappa shape index (κ3) is 5.14. The topological polar surface area (TPSA) is 64.3 Å². The lowest BCUT2D eigenvalue weighted by Gasteiger charge is -2.31. The molecule has 0 aromatic rings. The van der Waals surface area contributed by atoms with Gasteiger partial charge in [-0.05, 0) is 19.3 Å². The van der Waals surface area contributed by atoms with E-state index < -0.39 is 6.04 Å². The number of rotatable bonds is 4. The third-order valence-corrected chi connectivity index (χ3v) is 2.18. The molecule has 0 fully saturated rings. The summed E-state index contributed by atoms with van der Waals surface area (Å²) in [4.78, 5) is 11.8. The van der Waals surface area contributed by atoms with Crippen molar-refractivity contribution in [2.45, 2.75) is 46.2 Å². The predicted octanol–water partition coefficient (Wildman–Crippen LogP) is 0.901. The van der Waals surface area contributed by atoms with Crippen LogP contribution < -0.4 is 11.1 Å². The molecule has 0 unspecified atom stereocenters. The number of ether oxygens (including phenoxy) is 1. The van der Waals surface area contributed by atoms with E-state index in [1.807, 2.05) is 34.6 Å². The summed E-state index contributed by atoms with van der Waals surface area (Å²) in [6.45, 7) is 10.1. The van der Waals surface area contributed by atoms with Crippen molar-refractivity contribution in [3.05, 3.63) is 0 Å². The molecule has 0 saturated carbocycles. The number of hydrogen-bond donors (Lipinski definition) is 2. The van der Waals surface area contributed by atoms with Crippen LogP contribution in [0.1, 0.15) is 34.6 Å². The van der Waals surface area contributed by atoms with Crippen LogP contribution in [0.25, 0.3) is 0 Å². The van der Waals surface area contributed by atoms with Crippen molar-refractivity contribution in [2.75, 3.05) is 13.7 Å². The summed E-state index contributed by atoms with van der Waals surface area (Å²) < 4.78 is 5.02. The Bertz CT molecular complexity index is 219. The highest BCUT2D eigenvalue weighted by atomic mass is 16.5. The maximum Gasteiger partial charge on any atom is 0.237 e. The number of carbonyl (C=O) groups excluding carboxylic acids is 1. The zero-order valence-electron chi connectivity index (χ0n) is 10.7. The van der Waals surface area contributed by atoms with Crippen LogP contribution in [0.15, 0.2) is 0 Å². The fraction of sp³-hybridized carbons (Fsp3) is 0.909. The molecular formula is C11H24N2O2. The van der Waals surface area contributed by atoms with Crippen molar-refractivity contribution in [2.24, 2.45) is 11.1 Å². The molecule has 90 valence electrons. The van der Waals surface area contributed by atoms with Crippen molar-refractivity contribution in [3.8, 4) is 0 Å². The maximum absolute atomic E-state index is 11.8. The van der Waals surface area contributed by atoms with Crippen molar-refractivity contribution >= 4 is 5.91 Å². The van der Waals surface area contributed by atoms with Crippen molar-refractivity contribution in [1.82, 2.24) is 5.32 Å². The van der Waals surface area contributed by atoms with E-state index in [4.69, 9.17) is 10.5 Å². The smallest absolute Gasteiger partial charge is 0.237 e. The summed E-state index contributed by atoms with van der Waals surface area (Å²) in [6, 6.07) is -0.506. The second-order valence-electron chi connectivity index (χ2n) is 5.65. The molecule has 0 rings (SSSR count). The number of hydrogen-bond acceptors (Lipinski definition) is 3. The van der Waals surface area contributed by atoms with Crippen LogP contribution in [0.2, 0.25) is 0 Å². The highest BCUT2D eigenvalue weighted by Gasteiger charge is 2.30. The van der Waals surface area contributed by atoms with Crippen LogP contribution >= 0.6 is 0 Å². The van der Waals surface area contributed by atoms with E-state index in [2.05, 4.69) is 5.32 Å². The summed E-state index contributed by atoms with van der Waals surface area (Å²) in [5.74, 6) is -0.135. The Hall–Kier alpha value is -0.610. The molecule has 0 spiro atoms. The first-order valence-corrected chi connectivity index (χ1v) is 5.17. The second kappa shape index (κ2) is 4.94. The van der Waals surface area contributed by atoms with Gasteiger partial charge in [0.2, 0.25) is 5.91 Å². The Labute approximate surface area is 92.6 Å². The lowest BCUT2D eigenvalue weighted by atomic mass is 9.86. The number of methoxy groups -OCH3 is 1. The van der Waals surface area contributed by atoms with Gasteiger partial charge in [0.15, 0.2) is 0 Å². The molecular weight excluding hydrogens is 192 g/mol. The average Bonchev–Trinajstić information content (AvgIpc) is 1.99. The molecule has 0 radical (unpaired) electrons. The normalized spacial score (nSPS) is 14.9.